The summed E-state index contributed by atoms with van der Waals surface area (Å²) >= 11 is 1.63. The third kappa shape index (κ3) is 2.79. The molecule has 4 nitrogen and oxygen atoms in total. The molecule has 1 aliphatic rings. The lowest BCUT2D eigenvalue weighted by Gasteiger charge is -2.35. The molecule has 0 saturated carbocycles. The Balaban J connectivity index is 2.11. The Kier molecular flexibility index (Phi) is 4.28. The monoisotopic (exact) mass is 323 g/mol. The second kappa shape index (κ2) is 6.37. The minimum atomic E-state index is -0.110. The number of Topliss-reactive ketones (excluding diaryl/α,β-unsaturated/α-hetero) is 1. The van der Waals surface area contributed by atoms with Crippen LogP contribution in [0.2, 0.25) is 0 Å². The molecule has 3 rings (SSSR count). The van der Waals surface area contributed by atoms with E-state index in [-0.39, 0.29) is 17.4 Å². The van der Waals surface area contributed by atoms with Gasteiger partial charge in [0.15, 0.2) is 5.78 Å². The number of nitriles is 1. The maximum atomic E-state index is 12.7. The molecular formula is C18H17N3OS. The zero-order valence-corrected chi connectivity index (χ0v) is 13.9. The van der Waals surface area contributed by atoms with E-state index in [1.165, 1.54) is 0 Å². The van der Waals surface area contributed by atoms with Crippen LogP contribution < -0.4 is 0 Å². The fraction of sp³-hybridized carbons (Fsp3) is 0.222. The fourth-order valence-corrected chi connectivity index (χ4v) is 3.74. The maximum Gasteiger partial charge on any atom is 0.177 e. The van der Waals surface area contributed by atoms with Crippen LogP contribution in [-0.2, 0) is 4.79 Å². The van der Waals surface area contributed by atoms with Gasteiger partial charge >= 0.3 is 0 Å². The van der Waals surface area contributed by atoms with Gasteiger partial charge in [0.1, 0.15) is 11.6 Å². The van der Waals surface area contributed by atoms with Crippen LogP contribution in [0, 0.1) is 11.3 Å². The summed E-state index contributed by atoms with van der Waals surface area (Å²) in [6.07, 6.45) is 0.306. The maximum absolute atomic E-state index is 12.7. The highest BCUT2D eigenvalue weighted by molar-refractivity contribution is 7.10. The van der Waals surface area contributed by atoms with Crippen LogP contribution >= 0.6 is 11.3 Å². The van der Waals surface area contributed by atoms with Gasteiger partial charge in [0.25, 0.3) is 0 Å². The smallest absolute Gasteiger partial charge is 0.177 e. The zero-order chi connectivity index (χ0) is 16.4. The molecule has 0 fully saturated rings. The SMILES string of the molecule is CN1C(c2ccccc2)=C(C#N)C(=O)C[C@@H](c2cccs2)N1C. The summed E-state index contributed by atoms with van der Waals surface area (Å²) in [5, 5.41) is 15.5. The molecule has 1 aromatic carbocycles. The van der Waals surface area contributed by atoms with Crippen LogP contribution in [0.1, 0.15) is 22.9 Å². The normalized spacial score (nSPS) is 19.6. The summed E-state index contributed by atoms with van der Waals surface area (Å²) < 4.78 is 0. The van der Waals surface area contributed by atoms with Gasteiger partial charge in [-0.25, -0.2) is 5.01 Å². The number of hydrazine groups is 1. The standard InChI is InChI=1S/C18H17N3OS/c1-20-15(17-9-6-10-23-17)11-16(22)14(12-19)18(21(20)2)13-7-4-3-5-8-13/h3-10,15H,11H2,1-2H3/t15-/m0/s1. The first kappa shape index (κ1) is 15.5. The first-order valence-corrected chi connectivity index (χ1v) is 8.24. The summed E-state index contributed by atoms with van der Waals surface area (Å²) in [5.41, 5.74) is 1.77. The second-order valence-corrected chi connectivity index (χ2v) is 6.44. The van der Waals surface area contributed by atoms with Gasteiger partial charge in [-0.3, -0.25) is 4.79 Å². The van der Waals surface area contributed by atoms with Crippen LogP contribution in [0.3, 0.4) is 0 Å². The number of carbonyl (C=O) groups is 1. The Morgan fingerprint density at radius 3 is 2.52 bits per heavy atom. The number of allylic oxidation sites excluding steroid dienone is 1. The molecule has 0 amide bonds. The number of ketones is 1. The van der Waals surface area contributed by atoms with E-state index in [1.54, 1.807) is 11.3 Å². The zero-order valence-electron chi connectivity index (χ0n) is 13.1. The van der Waals surface area contributed by atoms with Crippen LogP contribution in [0.5, 0.6) is 0 Å². The lowest BCUT2D eigenvalue weighted by Crippen LogP contribution is -2.37. The molecule has 0 spiro atoms. The number of nitrogens with zero attached hydrogens (tertiary/aromatic N) is 3. The second-order valence-electron chi connectivity index (χ2n) is 5.46. The molecular weight excluding hydrogens is 306 g/mol. The first-order valence-electron chi connectivity index (χ1n) is 7.36. The van der Waals surface area contributed by atoms with Gasteiger partial charge < -0.3 is 5.01 Å². The van der Waals surface area contributed by atoms with E-state index >= 15 is 0 Å². The number of hydrogen-bond donors (Lipinski definition) is 0. The molecule has 1 aromatic heterocycles. The van der Waals surface area contributed by atoms with Gasteiger partial charge in [0.2, 0.25) is 0 Å². The Bertz CT molecular complexity index is 774. The molecule has 0 bridgehead atoms. The van der Waals surface area contributed by atoms with Crippen molar-refractivity contribution in [3.8, 4) is 6.07 Å². The van der Waals surface area contributed by atoms with Crippen molar-refractivity contribution in [1.82, 2.24) is 10.0 Å². The van der Waals surface area contributed by atoms with E-state index in [0.717, 1.165) is 10.4 Å². The Hall–Kier alpha value is -2.42. The molecule has 23 heavy (non-hydrogen) atoms. The molecule has 0 radical (unpaired) electrons. The van der Waals surface area contributed by atoms with Crippen molar-refractivity contribution in [1.29, 1.82) is 5.26 Å². The van der Waals surface area contributed by atoms with E-state index in [4.69, 9.17) is 0 Å². The minimum Gasteiger partial charge on any atom is -0.306 e. The first-order chi connectivity index (χ1) is 11.1. The van der Waals surface area contributed by atoms with Crippen molar-refractivity contribution in [2.45, 2.75) is 12.5 Å². The predicted molar refractivity (Wildman–Crippen MR) is 91.2 cm³/mol. The number of thiophene rings is 1. The molecule has 116 valence electrons. The van der Waals surface area contributed by atoms with Crippen LogP contribution in [0.15, 0.2) is 53.4 Å². The summed E-state index contributed by atoms with van der Waals surface area (Å²) in [6, 6.07) is 15.7. The van der Waals surface area contributed by atoms with Crippen LogP contribution in [0.4, 0.5) is 0 Å². The van der Waals surface area contributed by atoms with Crippen molar-refractivity contribution in [3.63, 3.8) is 0 Å². The van der Waals surface area contributed by atoms with Crippen molar-refractivity contribution >= 4 is 22.8 Å². The highest BCUT2D eigenvalue weighted by Crippen LogP contribution is 2.36. The molecule has 2 aromatic rings. The van der Waals surface area contributed by atoms with Crippen LogP contribution in [0.25, 0.3) is 5.70 Å². The van der Waals surface area contributed by atoms with Crippen molar-refractivity contribution < 1.29 is 4.79 Å². The fourth-order valence-electron chi connectivity index (χ4n) is 2.88. The molecule has 1 atom stereocenters. The number of rotatable bonds is 2. The quantitative estimate of drug-likeness (QED) is 0.849. The van der Waals surface area contributed by atoms with Gasteiger partial charge in [-0.05, 0) is 11.4 Å². The predicted octanol–water partition coefficient (Wildman–Crippen LogP) is 3.48. The Morgan fingerprint density at radius 2 is 1.91 bits per heavy atom. The average molecular weight is 323 g/mol. The third-order valence-electron chi connectivity index (χ3n) is 4.17. The third-order valence-corrected chi connectivity index (χ3v) is 5.15. The molecule has 0 aliphatic carbocycles. The molecule has 2 heterocycles. The van der Waals surface area contributed by atoms with Crippen molar-refractivity contribution in [3.05, 3.63) is 63.9 Å². The Morgan fingerprint density at radius 1 is 1.17 bits per heavy atom. The van der Waals surface area contributed by atoms with Gasteiger partial charge in [0.05, 0.1) is 11.7 Å². The highest BCUT2D eigenvalue weighted by Gasteiger charge is 2.33. The van der Waals surface area contributed by atoms with Crippen molar-refractivity contribution in [2.24, 2.45) is 0 Å². The minimum absolute atomic E-state index is 0.0583. The van der Waals surface area contributed by atoms with E-state index in [9.17, 15) is 10.1 Å². The molecule has 0 N–H and O–H groups in total. The van der Waals surface area contributed by atoms with Gasteiger partial charge in [-0.1, -0.05) is 36.4 Å². The van der Waals surface area contributed by atoms with E-state index < -0.39 is 0 Å². The van der Waals surface area contributed by atoms with Crippen molar-refractivity contribution in [2.75, 3.05) is 14.1 Å². The van der Waals surface area contributed by atoms with E-state index in [1.807, 2.05) is 72.0 Å². The van der Waals surface area contributed by atoms with Crippen LogP contribution in [-0.4, -0.2) is 29.9 Å². The summed E-state index contributed by atoms with van der Waals surface area (Å²) in [4.78, 5) is 13.8. The van der Waals surface area contributed by atoms with E-state index in [0.29, 0.717) is 12.1 Å². The molecule has 1 aliphatic heterocycles. The average Bonchev–Trinajstić information content (AvgIpc) is 3.08. The summed E-state index contributed by atoms with van der Waals surface area (Å²) in [7, 11) is 3.86. The number of hydrogen-bond acceptors (Lipinski definition) is 5. The van der Waals surface area contributed by atoms with Gasteiger partial charge in [-0.15, -0.1) is 11.3 Å². The topological polar surface area (TPSA) is 47.3 Å². The lowest BCUT2D eigenvalue weighted by atomic mass is 10.00. The highest BCUT2D eigenvalue weighted by atomic mass is 32.1. The van der Waals surface area contributed by atoms with Gasteiger partial charge in [-0.2, -0.15) is 5.26 Å². The molecule has 0 saturated heterocycles. The Labute approximate surface area is 139 Å². The summed E-state index contributed by atoms with van der Waals surface area (Å²) in [6.45, 7) is 0. The molecule has 0 unspecified atom stereocenters. The number of benzene rings is 1. The van der Waals surface area contributed by atoms with E-state index in [2.05, 4.69) is 6.07 Å². The van der Waals surface area contributed by atoms with Gasteiger partial charge in [0, 0.05) is 31.0 Å². The largest absolute Gasteiger partial charge is 0.306 e. The summed E-state index contributed by atoms with van der Waals surface area (Å²) in [5.74, 6) is -0.110. The lowest BCUT2D eigenvalue weighted by molar-refractivity contribution is -0.116. The number of carbonyl (C=O) groups excluding carboxylic acids is 1. The molecule has 5 heteroatoms.